The number of nitrogens with zero attached hydrogens (tertiary/aromatic N) is 1. The van der Waals surface area contributed by atoms with Crippen LogP contribution < -0.4 is 9.64 Å². The van der Waals surface area contributed by atoms with Crippen molar-refractivity contribution in [2.75, 3.05) is 4.90 Å². The van der Waals surface area contributed by atoms with E-state index < -0.39 is 0 Å². The summed E-state index contributed by atoms with van der Waals surface area (Å²) in [4.78, 5) is 26.9. The fourth-order valence-electron chi connectivity index (χ4n) is 3.71. The molecule has 0 bridgehead atoms. The van der Waals surface area contributed by atoms with Crippen LogP contribution in [-0.4, -0.2) is 11.1 Å². The highest BCUT2D eigenvalue weighted by molar-refractivity contribution is 8.19. The number of imide groups is 1. The summed E-state index contributed by atoms with van der Waals surface area (Å²) in [6.07, 6.45) is 1.71. The van der Waals surface area contributed by atoms with Crippen LogP contribution in [0.4, 0.5) is 10.5 Å². The zero-order chi connectivity index (χ0) is 22.8. The van der Waals surface area contributed by atoms with E-state index in [1.54, 1.807) is 30.3 Å². The van der Waals surface area contributed by atoms with E-state index in [4.69, 9.17) is 16.3 Å². The number of ether oxygens (including phenoxy) is 1. The standard InChI is InChI=1S/C27H18ClNO3S/c28-21-11-13-22(14-12-21)29-26(30)25(33-27(29)31)16-18-5-3-9-23(15-18)32-17-20-8-4-7-19-6-1-2-10-24(19)20/h1-16H,17H2. The van der Waals surface area contributed by atoms with Crippen LogP contribution >= 0.6 is 23.4 Å². The zero-order valence-electron chi connectivity index (χ0n) is 17.4. The smallest absolute Gasteiger partial charge is 0.298 e. The number of benzene rings is 4. The molecule has 0 aromatic heterocycles. The number of rotatable bonds is 5. The minimum absolute atomic E-state index is 0.336. The van der Waals surface area contributed by atoms with Crippen LogP contribution in [0.15, 0.2) is 95.9 Å². The summed E-state index contributed by atoms with van der Waals surface area (Å²) in [5.74, 6) is 0.336. The summed E-state index contributed by atoms with van der Waals surface area (Å²) in [5.41, 5.74) is 2.38. The van der Waals surface area contributed by atoms with Crippen molar-refractivity contribution in [2.24, 2.45) is 0 Å². The largest absolute Gasteiger partial charge is 0.489 e. The molecule has 1 heterocycles. The van der Waals surface area contributed by atoms with Crippen molar-refractivity contribution in [3.8, 4) is 5.75 Å². The van der Waals surface area contributed by atoms with Crippen LogP contribution in [-0.2, 0) is 11.4 Å². The predicted molar refractivity (Wildman–Crippen MR) is 135 cm³/mol. The lowest BCUT2D eigenvalue weighted by Gasteiger charge is -2.12. The Kier molecular flexibility index (Phi) is 5.90. The van der Waals surface area contributed by atoms with Crippen molar-refractivity contribution < 1.29 is 14.3 Å². The summed E-state index contributed by atoms with van der Waals surface area (Å²) in [6, 6.07) is 28.5. The van der Waals surface area contributed by atoms with Gasteiger partial charge >= 0.3 is 0 Å². The van der Waals surface area contributed by atoms with Gasteiger partial charge in [-0.1, -0.05) is 66.2 Å². The number of hydrogen-bond acceptors (Lipinski definition) is 4. The first-order valence-corrected chi connectivity index (χ1v) is 11.5. The van der Waals surface area contributed by atoms with Crippen molar-refractivity contribution in [3.63, 3.8) is 0 Å². The molecule has 1 saturated heterocycles. The van der Waals surface area contributed by atoms with Crippen molar-refractivity contribution >= 4 is 57.0 Å². The monoisotopic (exact) mass is 471 g/mol. The second-order valence-electron chi connectivity index (χ2n) is 7.49. The van der Waals surface area contributed by atoms with E-state index in [1.807, 2.05) is 42.5 Å². The van der Waals surface area contributed by atoms with Gasteiger partial charge in [0.2, 0.25) is 0 Å². The Morgan fingerprint density at radius 1 is 0.879 bits per heavy atom. The Morgan fingerprint density at radius 3 is 2.48 bits per heavy atom. The van der Waals surface area contributed by atoms with E-state index in [0.717, 1.165) is 33.2 Å². The van der Waals surface area contributed by atoms with Gasteiger partial charge in [-0.2, -0.15) is 0 Å². The molecular weight excluding hydrogens is 454 g/mol. The predicted octanol–water partition coefficient (Wildman–Crippen LogP) is 7.31. The van der Waals surface area contributed by atoms with Gasteiger partial charge in [0.1, 0.15) is 12.4 Å². The number of anilines is 1. The minimum Gasteiger partial charge on any atom is -0.489 e. The molecule has 0 unspecified atom stereocenters. The Labute approximate surface area is 200 Å². The highest BCUT2D eigenvalue weighted by Gasteiger charge is 2.36. The summed E-state index contributed by atoms with van der Waals surface area (Å²) in [6.45, 7) is 0.428. The highest BCUT2D eigenvalue weighted by Crippen LogP contribution is 2.36. The lowest BCUT2D eigenvalue weighted by molar-refractivity contribution is -0.113. The SMILES string of the molecule is O=C1SC(=Cc2cccc(OCc3cccc4ccccc34)c2)C(=O)N1c1ccc(Cl)cc1. The average Bonchev–Trinajstić information content (AvgIpc) is 3.11. The fraction of sp³-hybridized carbons (Fsp3) is 0.0370. The zero-order valence-corrected chi connectivity index (χ0v) is 19.0. The van der Waals surface area contributed by atoms with Crippen LogP contribution in [0.1, 0.15) is 11.1 Å². The van der Waals surface area contributed by atoms with Crippen molar-refractivity contribution in [1.82, 2.24) is 0 Å². The maximum absolute atomic E-state index is 12.9. The van der Waals surface area contributed by atoms with Gasteiger partial charge in [-0.3, -0.25) is 9.59 Å². The molecule has 2 amide bonds. The van der Waals surface area contributed by atoms with Crippen molar-refractivity contribution in [3.05, 3.63) is 112 Å². The number of amides is 2. The lowest BCUT2D eigenvalue weighted by Crippen LogP contribution is -2.27. The van der Waals surface area contributed by atoms with E-state index in [9.17, 15) is 9.59 Å². The molecular formula is C27H18ClNO3S. The Bertz CT molecular complexity index is 1390. The topological polar surface area (TPSA) is 46.6 Å². The second kappa shape index (κ2) is 9.14. The summed E-state index contributed by atoms with van der Waals surface area (Å²) >= 11 is 6.84. The van der Waals surface area contributed by atoms with E-state index in [2.05, 4.69) is 24.3 Å². The number of carbonyl (C=O) groups excluding carboxylic acids is 2. The molecule has 4 aromatic carbocycles. The first-order chi connectivity index (χ1) is 16.1. The molecule has 0 atom stereocenters. The molecule has 0 spiro atoms. The molecule has 0 radical (unpaired) electrons. The van der Waals surface area contributed by atoms with Crippen LogP contribution in [0.25, 0.3) is 16.8 Å². The summed E-state index contributed by atoms with van der Waals surface area (Å²) < 4.78 is 6.04. The molecule has 162 valence electrons. The third-order valence-corrected chi connectivity index (χ3v) is 6.43. The van der Waals surface area contributed by atoms with Gasteiger partial charge in [-0.15, -0.1) is 0 Å². The fourth-order valence-corrected chi connectivity index (χ4v) is 4.67. The Morgan fingerprint density at radius 2 is 1.64 bits per heavy atom. The number of hydrogen-bond donors (Lipinski definition) is 0. The van der Waals surface area contributed by atoms with E-state index in [-0.39, 0.29) is 11.1 Å². The summed E-state index contributed by atoms with van der Waals surface area (Å²) in [7, 11) is 0. The molecule has 1 fully saturated rings. The van der Waals surface area contributed by atoms with Gasteiger partial charge in [0.25, 0.3) is 11.1 Å². The van der Waals surface area contributed by atoms with E-state index in [1.165, 1.54) is 5.39 Å². The van der Waals surface area contributed by atoms with Crippen LogP contribution in [0, 0.1) is 0 Å². The molecule has 4 nitrogen and oxygen atoms in total. The Hall–Kier alpha value is -3.54. The molecule has 0 saturated carbocycles. The van der Waals surface area contributed by atoms with Gasteiger partial charge in [0, 0.05) is 5.02 Å². The van der Waals surface area contributed by atoms with E-state index >= 15 is 0 Å². The second-order valence-corrected chi connectivity index (χ2v) is 8.92. The van der Waals surface area contributed by atoms with Crippen molar-refractivity contribution in [1.29, 1.82) is 0 Å². The van der Waals surface area contributed by atoms with Gasteiger partial charge in [0.15, 0.2) is 0 Å². The van der Waals surface area contributed by atoms with Gasteiger partial charge in [-0.05, 0) is 76.1 Å². The molecule has 0 N–H and O–H groups in total. The van der Waals surface area contributed by atoms with Gasteiger partial charge < -0.3 is 4.74 Å². The molecule has 1 aliphatic rings. The number of fused-ring (bicyclic) bond motifs is 1. The van der Waals surface area contributed by atoms with E-state index in [0.29, 0.717) is 28.0 Å². The number of halogens is 1. The summed E-state index contributed by atoms with van der Waals surface area (Å²) in [5, 5.41) is 2.54. The molecule has 6 heteroatoms. The third kappa shape index (κ3) is 4.51. The quantitative estimate of drug-likeness (QED) is 0.286. The van der Waals surface area contributed by atoms with Crippen LogP contribution in [0.5, 0.6) is 5.75 Å². The molecule has 1 aliphatic heterocycles. The van der Waals surface area contributed by atoms with Crippen LogP contribution in [0.3, 0.4) is 0 Å². The highest BCUT2D eigenvalue weighted by atomic mass is 35.5. The van der Waals surface area contributed by atoms with Crippen LogP contribution in [0.2, 0.25) is 5.02 Å². The third-order valence-electron chi connectivity index (χ3n) is 5.31. The lowest BCUT2D eigenvalue weighted by atomic mass is 10.1. The average molecular weight is 472 g/mol. The molecule has 33 heavy (non-hydrogen) atoms. The number of thioether (sulfide) groups is 1. The Balaban J connectivity index is 1.34. The first kappa shape index (κ1) is 21.3. The van der Waals surface area contributed by atoms with Gasteiger partial charge in [0.05, 0.1) is 10.6 Å². The van der Waals surface area contributed by atoms with Crippen molar-refractivity contribution in [2.45, 2.75) is 6.61 Å². The minimum atomic E-state index is -0.352. The first-order valence-electron chi connectivity index (χ1n) is 10.3. The number of carbonyl (C=O) groups is 2. The van der Waals surface area contributed by atoms with Gasteiger partial charge in [-0.25, -0.2) is 4.90 Å². The maximum Gasteiger partial charge on any atom is 0.298 e. The maximum atomic E-state index is 12.9. The normalized spacial score (nSPS) is 14.9. The molecule has 4 aromatic rings. The molecule has 0 aliphatic carbocycles. The molecule has 5 rings (SSSR count).